The van der Waals surface area contributed by atoms with Gasteiger partial charge in [0.05, 0.1) is 18.0 Å². The first-order valence-electron chi connectivity index (χ1n) is 7.89. The van der Waals surface area contributed by atoms with Crippen LogP contribution in [0.3, 0.4) is 0 Å². The number of nitrogens with zero attached hydrogens (tertiary/aromatic N) is 1. The summed E-state index contributed by atoms with van der Waals surface area (Å²) in [5, 5.41) is 13.4. The molecule has 1 aromatic carbocycles. The molecular weight excluding hydrogens is 306 g/mol. The highest BCUT2D eigenvalue weighted by molar-refractivity contribution is 5.76. The van der Waals surface area contributed by atoms with E-state index in [1.807, 2.05) is 25.1 Å². The Morgan fingerprint density at radius 2 is 2.04 bits per heavy atom. The molecule has 0 aliphatic rings. The fourth-order valence-electron chi connectivity index (χ4n) is 2.51. The lowest BCUT2D eigenvalue weighted by Gasteiger charge is -2.26. The summed E-state index contributed by atoms with van der Waals surface area (Å²) >= 11 is 0. The second kappa shape index (κ2) is 7.07. The van der Waals surface area contributed by atoms with Gasteiger partial charge in [0.25, 0.3) is 5.56 Å². The van der Waals surface area contributed by atoms with E-state index >= 15 is 0 Å². The number of nitrogen functional groups attached to an aromatic ring is 1. The van der Waals surface area contributed by atoms with Crippen molar-refractivity contribution >= 4 is 11.4 Å². The molecule has 24 heavy (non-hydrogen) atoms. The summed E-state index contributed by atoms with van der Waals surface area (Å²) in [7, 11) is 1.72. The third-order valence-electron chi connectivity index (χ3n) is 3.74. The fraction of sp³-hybridized carbons (Fsp3) is 0.389. The molecule has 1 heterocycles. The number of pyridine rings is 1. The van der Waals surface area contributed by atoms with E-state index in [1.54, 1.807) is 37.7 Å². The quantitative estimate of drug-likeness (QED) is 0.557. The molecule has 1 atom stereocenters. The number of rotatable bonds is 6. The van der Waals surface area contributed by atoms with Crippen molar-refractivity contribution in [1.82, 2.24) is 4.57 Å². The summed E-state index contributed by atoms with van der Waals surface area (Å²) in [6, 6.07) is 7.36. The van der Waals surface area contributed by atoms with Crippen molar-refractivity contribution in [1.29, 1.82) is 0 Å². The van der Waals surface area contributed by atoms with Gasteiger partial charge in [-0.3, -0.25) is 4.79 Å². The third kappa shape index (κ3) is 4.15. The van der Waals surface area contributed by atoms with Crippen LogP contribution in [0, 0.1) is 6.92 Å². The summed E-state index contributed by atoms with van der Waals surface area (Å²) in [6.45, 7) is 5.95. The van der Waals surface area contributed by atoms with E-state index in [2.05, 4.69) is 5.32 Å². The summed E-state index contributed by atoms with van der Waals surface area (Å²) in [5.74, 6) is 0. The van der Waals surface area contributed by atoms with Gasteiger partial charge in [-0.05, 0) is 50.1 Å². The van der Waals surface area contributed by atoms with Crippen molar-refractivity contribution in [2.45, 2.75) is 26.5 Å². The highest BCUT2D eigenvalue weighted by Crippen LogP contribution is 2.29. The topological polar surface area (TPSA) is 89.5 Å². The Balaban J connectivity index is 2.37. The monoisotopic (exact) mass is 331 g/mol. The van der Waals surface area contributed by atoms with E-state index in [9.17, 15) is 9.90 Å². The smallest absolute Gasteiger partial charge is 0.253 e. The molecule has 0 aliphatic carbocycles. The molecule has 0 aliphatic heterocycles. The molecule has 1 aromatic heterocycles. The van der Waals surface area contributed by atoms with Gasteiger partial charge in [-0.2, -0.15) is 0 Å². The normalized spacial score (nSPS) is 13.5. The maximum Gasteiger partial charge on any atom is 0.253 e. The highest BCUT2D eigenvalue weighted by atomic mass is 16.5. The fourth-order valence-corrected chi connectivity index (χ4v) is 2.51. The molecule has 0 fully saturated rings. The van der Waals surface area contributed by atoms with Crippen LogP contribution in [-0.4, -0.2) is 28.6 Å². The van der Waals surface area contributed by atoms with E-state index in [1.165, 1.54) is 0 Å². The molecule has 0 spiro atoms. The van der Waals surface area contributed by atoms with Crippen molar-refractivity contribution in [3.05, 3.63) is 46.4 Å². The number of aromatic nitrogens is 1. The predicted octanol–water partition coefficient (Wildman–Crippen LogP) is 2.10. The van der Waals surface area contributed by atoms with Crippen molar-refractivity contribution in [2.24, 2.45) is 7.05 Å². The van der Waals surface area contributed by atoms with Crippen LogP contribution in [0.5, 0.6) is 0 Å². The van der Waals surface area contributed by atoms with Gasteiger partial charge in [-0.25, -0.2) is 0 Å². The van der Waals surface area contributed by atoms with Crippen LogP contribution >= 0.6 is 0 Å². The van der Waals surface area contributed by atoms with Crippen LogP contribution in [-0.2, 0) is 11.8 Å². The van der Waals surface area contributed by atoms with Gasteiger partial charge in [0.1, 0.15) is 0 Å². The average molecular weight is 331 g/mol. The molecular formula is C18H25N3O3. The summed E-state index contributed by atoms with van der Waals surface area (Å²) < 4.78 is 6.83. The van der Waals surface area contributed by atoms with E-state index < -0.39 is 5.72 Å². The zero-order chi connectivity index (χ0) is 17.9. The first-order valence-corrected chi connectivity index (χ1v) is 7.89. The van der Waals surface area contributed by atoms with Gasteiger partial charge in [0.15, 0.2) is 5.72 Å². The number of anilines is 2. The molecule has 6 nitrogen and oxygen atoms in total. The molecule has 6 heteroatoms. The molecule has 0 unspecified atom stereocenters. The minimum absolute atomic E-state index is 0.0211. The zero-order valence-corrected chi connectivity index (χ0v) is 14.6. The van der Waals surface area contributed by atoms with E-state index in [4.69, 9.17) is 10.5 Å². The number of nitrogens with one attached hydrogen (secondary N) is 1. The Morgan fingerprint density at radius 3 is 2.67 bits per heavy atom. The van der Waals surface area contributed by atoms with Crippen molar-refractivity contribution in [2.75, 3.05) is 24.3 Å². The molecule has 0 amide bonds. The van der Waals surface area contributed by atoms with Crippen molar-refractivity contribution < 1.29 is 9.84 Å². The van der Waals surface area contributed by atoms with Gasteiger partial charge in [0.2, 0.25) is 0 Å². The standard InChI is InChI=1S/C18H25N3O3/c1-5-24-11-18(3,23)20-16-9-13(6-7-15(16)19)14-8-12(2)17(22)21(4)10-14/h6-10,20,23H,5,11,19H2,1-4H3/t18-/m1/s1. The number of hydrogen-bond acceptors (Lipinski definition) is 5. The molecule has 0 radical (unpaired) electrons. The van der Waals surface area contributed by atoms with Crippen LogP contribution in [0.1, 0.15) is 19.4 Å². The van der Waals surface area contributed by atoms with Crippen LogP contribution < -0.4 is 16.6 Å². The lowest BCUT2D eigenvalue weighted by molar-refractivity contribution is -0.0102. The number of hydrogen-bond donors (Lipinski definition) is 3. The van der Waals surface area contributed by atoms with Gasteiger partial charge < -0.3 is 25.5 Å². The minimum Gasteiger partial charge on any atom is -0.397 e. The number of aryl methyl sites for hydroxylation is 2. The van der Waals surface area contributed by atoms with Gasteiger partial charge in [0, 0.05) is 25.4 Å². The molecule has 130 valence electrons. The largest absolute Gasteiger partial charge is 0.397 e. The number of benzene rings is 1. The Morgan fingerprint density at radius 1 is 1.33 bits per heavy atom. The van der Waals surface area contributed by atoms with Crippen LogP contribution in [0.2, 0.25) is 0 Å². The second-order valence-electron chi connectivity index (χ2n) is 6.17. The maximum atomic E-state index is 11.8. The Labute approximate surface area is 141 Å². The maximum absolute atomic E-state index is 11.8. The van der Waals surface area contributed by atoms with Crippen molar-refractivity contribution in [3.63, 3.8) is 0 Å². The zero-order valence-electron chi connectivity index (χ0n) is 14.6. The lowest BCUT2D eigenvalue weighted by Crippen LogP contribution is -2.39. The molecule has 2 rings (SSSR count). The molecule has 2 aromatic rings. The molecule has 0 saturated carbocycles. The van der Waals surface area contributed by atoms with Gasteiger partial charge in [-0.15, -0.1) is 0 Å². The highest BCUT2D eigenvalue weighted by Gasteiger charge is 2.21. The van der Waals surface area contributed by atoms with Gasteiger partial charge >= 0.3 is 0 Å². The number of nitrogens with two attached hydrogens (primary N) is 1. The summed E-state index contributed by atoms with van der Waals surface area (Å²) in [5.41, 5.74) is 8.38. The SMILES string of the molecule is CCOC[C@@](C)(O)Nc1cc(-c2cc(C)c(=O)n(C)c2)ccc1N. The Bertz CT molecular complexity index is 755. The molecule has 4 N–H and O–H groups in total. The Hall–Kier alpha value is -2.31. The number of aliphatic hydroxyl groups is 1. The third-order valence-corrected chi connectivity index (χ3v) is 3.74. The summed E-state index contributed by atoms with van der Waals surface area (Å²) in [6.07, 6.45) is 1.78. The van der Waals surface area contributed by atoms with E-state index in [0.29, 0.717) is 23.5 Å². The first-order chi connectivity index (χ1) is 11.2. The van der Waals surface area contributed by atoms with E-state index in [0.717, 1.165) is 11.1 Å². The van der Waals surface area contributed by atoms with Gasteiger partial charge in [-0.1, -0.05) is 6.07 Å². The Kier molecular flexibility index (Phi) is 5.31. The van der Waals surface area contributed by atoms with Crippen LogP contribution in [0.15, 0.2) is 35.3 Å². The van der Waals surface area contributed by atoms with Crippen LogP contribution in [0.25, 0.3) is 11.1 Å². The summed E-state index contributed by atoms with van der Waals surface area (Å²) in [4.78, 5) is 11.8. The number of ether oxygens (including phenoxy) is 1. The first kappa shape index (κ1) is 18.0. The van der Waals surface area contributed by atoms with Crippen LogP contribution in [0.4, 0.5) is 11.4 Å². The average Bonchev–Trinajstić information content (AvgIpc) is 2.52. The predicted molar refractivity (Wildman–Crippen MR) is 97.0 cm³/mol. The second-order valence-corrected chi connectivity index (χ2v) is 6.17. The van der Waals surface area contributed by atoms with E-state index in [-0.39, 0.29) is 12.2 Å². The lowest BCUT2D eigenvalue weighted by atomic mass is 10.0. The van der Waals surface area contributed by atoms with Crippen molar-refractivity contribution in [3.8, 4) is 11.1 Å². The molecule has 0 saturated heterocycles. The molecule has 0 bridgehead atoms. The minimum atomic E-state index is -1.23.